The molecule has 0 bridgehead atoms. The fourth-order valence-electron chi connectivity index (χ4n) is 3.68. The molecule has 0 saturated carbocycles. The van der Waals surface area contributed by atoms with Crippen LogP contribution in [0.3, 0.4) is 0 Å². The Kier molecular flexibility index (Phi) is 9.43. The van der Waals surface area contributed by atoms with Gasteiger partial charge in [-0.2, -0.15) is 0 Å². The molecule has 12 heteroatoms. The van der Waals surface area contributed by atoms with E-state index < -0.39 is 6.04 Å². The minimum Gasteiger partial charge on any atom is -0.342 e. The third-order valence-corrected chi connectivity index (χ3v) is 8.09. The van der Waals surface area contributed by atoms with Crippen LogP contribution in [0.15, 0.2) is 59.1 Å². The number of halogens is 2. The first-order valence-corrected chi connectivity index (χ1v) is 14.5. The summed E-state index contributed by atoms with van der Waals surface area (Å²) in [6.07, 6.45) is 0. The molecule has 0 radical (unpaired) electrons. The summed E-state index contributed by atoms with van der Waals surface area (Å²) < 4.78 is 1.91. The highest BCUT2D eigenvalue weighted by molar-refractivity contribution is 7.99. The number of thiazole rings is 1. The second kappa shape index (κ2) is 12.8. The Balaban J connectivity index is 1.42. The SMILES string of the molecule is CCn1c(SCC(=O)Nc2nc(-c3ccccc3)cs2)nnc1[C@H](NC(=O)c1ccc(Cl)c(Cl)c1)C(C)C. The van der Waals surface area contributed by atoms with Crippen molar-refractivity contribution in [2.45, 2.75) is 38.5 Å². The number of thioether (sulfide) groups is 1. The maximum absolute atomic E-state index is 13.0. The van der Waals surface area contributed by atoms with Crippen LogP contribution in [0.25, 0.3) is 11.3 Å². The smallest absolute Gasteiger partial charge is 0.251 e. The van der Waals surface area contributed by atoms with Gasteiger partial charge in [0.1, 0.15) is 0 Å². The Morgan fingerprint density at radius 1 is 1.08 bits per heavy atom. The molecule has 198 valence electrons. The molecule has 4 aromatic rings. The molecule has 1 atom stereocenters. The van der Waals surface area contributed by atoms with E-state index in [4.69, 9.17) is 23.2 Å². The summed E-state index contributed by atoms with van der Waals surface area (Å²) >= 11 is 14.7. The molecule has 38 heavy (non-hydrogen) atoms. The molecule has 2 amide bonds. The fourth-order valence-corrected chi connectivity index (χ4v) is 5.53. The second-order valence-corrected chi connectivity index (χ2v) is 11.3. The van der Waals surface area contributed by atoms with Crippen LogP contribution in [0.4, 0.5) is 5.13 Å². The highest BCUT2D eigenvalue weighted by Crippen LogP contribution is 2.28. The van der Waals surface area contributed by atoms with Crippen LogP contribution in [0.2, 0.25) is 10.0 Å². The van der Waals surface area contributed by atoms with E-state index in [0.29, 0.717) is 38.3 Å². The zero-order chi connectivity index (χ0) is 27.2. The molecule has 0 spiro atoms. The van der Waals surface area contributed by atoms with Gasteiger partial charge >= 0.3 is 0 Å². The van der Waals surface area contributed by atoms with E-state index in [1.165, 1.54) is 29.2 Å². The lowest BCUT2D eigenvalue weighted by atomic mass is 10.0. The topological polar surface area (TPSA) is 102 Å². The summed E-state index contributed by atoms with van der Waals surface area (Å²) in [5, 5.41) is 18.3. The van der Waals surface area contributed by atoms with Crippen LogP contribution in [0, 0.1) is 5.92 Å². The van der Waals surface area contributed by atoms with Gasteiger partial charge < -0.3 is 15.2 Å². The lowest BCUT2D eigenvalue weighted by Gasteiger charge is -2.22. The van der Waals surface area contributed by atoms with Gasteiger partial charge in [0.05, 0.1) is 27.5 Å². The van der Waals surface area contributed by atoms with Crippen molar-refractivity contribution < 1.29 is 9.59 Å². The van der Waals surface area contributed by atoms with Gasteiger partial charge in [0.25, 0.3) is 5.91 Å². The van der Waals surface area contributed by atoms with Crippen LogP contribution in [0.5, 0.6) is 0 Å². The predicted molar refractivity (Wildman–Crippen MR) is 154 cm³/mol. The van der Waals surface area contributed by atoms with Crippen LogP contribution < -0.4 is 10.6 Å². The lowest BCUT2D eigenvalue weighted by Crippen LogP contribution is -2.33. The Morgan fingerprint density at radius 3 is 2.53 bits per heavy atom. The monoisotopic (exact) mass is 588 g/mol. The molecule has 4 rings (SSSR count). The lowest BCUT2D eigenvalue weighted by molar-refractivity contribution is -0.113. The largest absolute Gasteiger partial charge is 0.342 e. The van der Waals surface area contributed by atoms with E-state index >= 15 is 0 Å². The van der Waals surface area contributed by atoms with Gasteiger partial charge in [-0.25, -0.2) is 4.98 Å². The zero-order valence-electron chi connectivity index (χ0n) is 20.9. The average molecular weight is 590 g/mol. The number of carbonyl (C=O) groups is 2. The predicted octanol–water partition coefficient (Wildman–Crippen LogP) is 6.59. The van der Waals surface area contributed by atoms with Crippen LogP contribution in [0.1, 0.15) is 43.0 Å². The van der Waals surface area contributed by atoms with Gasteiger partial charge in [0, 0.05) is 23.1 Å². The normalized spacial score (nSPS) is 11.9. The minimum atomic E-state index is -0.403. The molecular formula is C26H26Cl2N6O2S2. The number of amides is 2. The highest BCUT2D eigenvalue weighted by atomic mass is 35.5. The number of hydrogen-bond donors (Lipinski definition) is 2. The molecule has 0 unspecified atom stereocenters. The first-order chi connectivity index (χ1) is 18.3. The summed E-state index contributed by atoms with van der Waals surface area (Å²) in [6.45, 7) is 6.53. The number of nitrogens with one attached hydrogen (secondary N) is 2. The van der Waals surface area contributed by atoms with Crippen LogP contribution in [-0.2, 0) is 11.3 Å². The quantitative estimate of drug-likeness (QED) is 0.203. The summed E-state index contributed by atoms with van der Waals surface area (Å²) in [6, 6.07) is 14.1. The minimum absolute atomic E-state index is 0.0288. The van der Waals surface area contributed by atoms with Crippen molar-refractivity contribution in [1.82, 2.24) is 25.1 Å². The number of carbonyl (C=O) groups excluding carboxylic acids is 2. The van der Waals surface area contributed by atoms with Crippen LogP contribution >= 0.6 is 46.3 Å². The molecule has 0 aliphatic carbocycles. The highest BCUT2D eigenvalue weighted by Gasteiger charge is 2.26. The van der Waals surface area contributed by atoms with Crippen molar-refractivity contribution in [3.05, 3.63) is 75.3 Å². The van der Waals surface area contributed by atoms with Crippen molar-refractivity contribution in [3.8, 4) is 11.3 Å². The van der Waals surface area contributed by atoms with Gasteiger partial charge in [-0.3, -0.25) is 9.59 Å². The van der Waals surface area contributed by atoms with E-state index in [0.717, 1.165) is 11.3 Å². The van der Waals surface area contributed by atoms with Crippen molar-refractivity contribution >= 4 is 63.2 Å². The number of hydrogen-bond acceptors (Lipinski definition) is 7. The molecule has 0 aliphatic heterocycles. The van der Waals surface area contributed by atoms with Crippen molar-refractivity contribution in [2.24, 2.45) is 5.92 Å². The number of benzene rings is 2. The number of nitrogens with zero attached hydrogens (tertiary/aromatic N) is 4. The number of anilines is 1. The Bertz CT molecular complexity index is 1420. The second-order valence-electron chi connectivity index (χ2n) is 8.65. The van der Waals surface area contributed by atoms with E-state index in [2.05, 4.69) is 25.8 Å². The maximum atomic E-state index is 13.0. The molecule has 2 N–H and O–H groups in total. The van der Waals surface area contributed by atoms with E-state index in [9.17, 15) is 9.59 Å². The van der Waals surface area contributed by atoms with E-state index in [-0.39, 0.29) is 23.5 Å². The molecule has 2 aromatic heterocycles. The van der Waals surface area contributed by atoms with Crippen LogP contribution in [-0.4, -0.2) is 37.3 Å². The van der Waals surface area contributed by atoms with Crippen molar-refractivity contribution in [3.63, 3.8) is 0 Å². The average Bonchev–Trinajstić information content (AvgIpc) is 3.54. The maximum Gasteiger partial charge on any atom is 0.251 e. The van der Waals surface area contributed by atoms with Gasteiger partial charge in [0.2, 0.25) is 5.91 Å². The summed E-state index contributed by atoms with van der Waals surface area (Å²) in [4.78, 5) is 30.1. The molecule has 2 heterocycles. The van der Waals surface area contributed by atoms with Gasteiger partial charge in [-0.15, -0.1) is 21.5 Å². The Morgan fingerprint density at radius 2 is 1.84 bits per heavy atom. The molecule has 0 saturated heterocycles. The van der Waals surface area contributed by atoms with Gasteiger partial charge in [-0.1, -0.05) is 79.1 Å². The molecule has 0 aliphatic rings. The Hall–Kier alpha value is -2.92. The zero-order valence-corrected chi connectivity index (χ0v) is 24.1. The molecule has 2 aromatic carbocycles. The third kappa shape index (κ3) is 6.74. The number of aromatic nitrogens is 4. The Labute approximate surface area is 239 Å². The number of rotatable bonds is 10. The van der Waals surface area contributed by atoms with Crippen molar-refractivity contribution in [2.75, 3.05) is 11.1 Å². The fraction of sp³-hybridized carbons (Fsp3) is 0.269. The molecular weight excluding hydrogens is 563 g/mol. The first-order valence-electron chi connectivity index (χ1n) is 11.9. The standard InChI is InChI=1S/C26H26Cl2N6O2S2/c1-4-34-23(22(15(2)3)31-24(36)17-10-11-18(27)19(28)12-17)32-33-26(34)38-14-21(35)30-25-29-20(13-37-25)16-8-6-5-7-9-16/h5-13,15,22H,4,14H2,1-3H3,(H,31,36)(H,29,30,35)/t22-/m1/s1. The summed E-state index contributed by atoms with van der Waals surface area (Å²) in [5.41, 5.74) is 2.21. The summed E-state index contributed by atoms with van der Waals surface area (Å²) in [5.74, 6) is 0.303. The third-order valence-electron chi connectivity index (χ3n) is 5.63. The van der Waals surface area contributed by atoms with Crippen molar-refractivity contribution in [1.29, 1.82) is 0 Å². The van der Waals surface area contributed by atoms with E-state index in [1.807, 2.05) is 61.1 Å². The first kappa shape index (κ1) is 28.1. The van der Waals surface area contributed by atoms with E-state index in [1.54, 1.807) is 12.1 Å². The van der Waals surface area contributed by atoms with Gasteiger partial charge in [-0.05, 0) is 31.0 Å². The molecule has 8 nitrogen and oxygen atoms in total. The molecule has 0 fully saturated rings. The summed E-state index contributed by atoms with van der Waals surface area (Å²) in [7, 11) is 0. The van der Waals surface area contributed by atoms with Gasteiger partial charge in [0.15, 0.2) is 16.1 Å².